The Morgan fingerprint density at radius 1 is 0.943 bits per heavy atom. The zero-order valence-corrected chi connectivity index (χ0v) is 20.2. The Kier molecular flexibility index (Phi) is 4.83. The van der Waals surface area contributed by atoms with E-state index in [0.717, 1.165) is 75.5 Å². The first-order chi connectivity index (χ1) is 17.9. The van der Waals surface area contributed by atoms with Crippen molar-refractivity contribution in [3.05, 3.63) is 95.4 Å². The molecule has 2 aromatic heterocycles. The molecule has 3 aromatic carbocycles. The Labute approximate surface area is 209 Å². The van der Waals surface area contributed by atoms with Crippen molar-refractivity contribution >= 4 is 27.6 Å². The number of aromatic nitrogens is 1. The number of furan rings is 1. The Morgan fingerprint density at radius 3 is 2.40 bits per heavy atom. The van der Waals surface area contributed by atoms with Gasteiger partial charge in [0.1, 0.15) is 18.2 Å². The van der Waals surface area contributed by atoms with E-state index in [2.05, 4.69) is 28.5 Å². The molecule has 1 fully saturated rings. The molecule has 0 saturated heterocycles. The van der Waals surface area contributed by atoms with E-state index in [1.54, 1.807) is 0 Å². The highest BCUT2D eigenvalue weighted by Gasteiger charge is 2.25. The van der Waals surface area contributed by atoms with E-state index in [4.69, 9.17) is 13.7 Å². The minimum atomic E-state index is -0.688. The van der Waals surface area contributed by atoms with Crippen LogP contribution < -0.4 is 4.57 Å². The fourth-order valence-corrected chi connectivity index (χ4v) is 5.53. The number of pyridine rings is 1. The third-order valence-electron chi connectivity index (χ3n) is 7.34. The highest BCUT2D eigenvalue weighted by molar-refractivity contribution is 6.15. The van der Waals surface area contributed by atoms with E-state index < -0.39 is 5.89 Å². The molecule has 1 saturated carbocycles. The van der Waals surface area contributed by atoms with Crippen molar-refractivity contribution in [3.8, 4) is 22.4 Å². The lowest BCUT2D eigenvalue weighted by atomic mass is 9.84. The summed E-state index contributed by atoms with van der Waals surface area (Å²) in [5, 5.41) is 1.96. The molecular weight excluding hydrogens is 428 g/mol. The van der Waals surface area contributed by atoms with Gasteiger partial charge in [-0.3, -0.25) is 0 Å². The first-order valence-corrected chi connectivity index (χ1v) is 12.3. The molecule has 0 atom stereocenters. The monoisotopic (exact) mass is 459 g/mol. The minimum absolute atomic E-state index is 0.415. The first-order valence-electron chi connectivity index (χ1n) is 13.3. The summed E-state index contributed by atoms with van der Waals surface area (Å²) in [6, 6.07) is 20.3. The fourth-order valence-electron chi connectivity index (χ4n) is 5.53. The number of fused-ring (bicyclic) bond motifs is 3. The van der Waals surface area contributed by atoms with E-state index in [1.165, 1.54) is 6.42 Å². The van der Waals surface area contributed by atoms with Crippen molar-refractivity contribution < 1.29 is 11.7 Å². The summed E-state index contributed by atoms with van der Waals surface area (Å²) in [6.45, 7) is 9.84. The smallest absolute Gasteiger partial charge is 0.216 e. The second-order valence-electron chi connectivity index (χ2n) is 9.54. The summed E-state index contributed by atoms with van der Waals surface area (Å²) in [4.78, 5) is 3.79. The lowest BCUT2D eigenvalue weighted by molar-refractivity contribution is -0.660. The molecule has 172 valence electrons. The fraction of sp³-hybridized carbons (Fsp3) is 0.250. The Hall–Kier alpha value is -3.90. The third kappa shape index (κ3) is 3.61. The van der Waals surface area contributed by atoms with Crippen LogP contribution in [-0.4, -0.2) is 0 Å². The van der Waals surface area contributed by atoms with Crippen LogP contribution in [0, 0.1) is 13.5 Å². The largest absolute Gasteiger partial charge is 0.456 e. The molecule has 2 heterocycles. The minimum Gasteiger partial charge on any atom is -0.456 e. The van der Waals surface area contributed by atoms with Gasteiger partial charge in [0.2, 0.25) is 5.69 Å². The van der Waals surface area contributed by atoms with E-state index in [9.17, 15) is 0 Å². The van der Waals surface area contributed by atoms with Crippen molar-refractivity contribution in [2.24, 2.45) is 7.05 Å². The number of aryl methyl sites for hydroxylation is 2. The van der Waals surface area contributed by atoms with Crippen LogP contribution in [0.2, 0.25) is 0 Å². The highest BCUT2D eigenvalue weighted by atomic mass is 16.3. The van der Waals surface area contributed by atoms with Crippen molar-refractivity contribution in [1.82, 2.24) is 0 Å². The summed E-state index contributed by atoms with van der Waals surface area (Å²) < 4.78 is 26.7. The number of hydrogen-bond donors (Lipinski definition) is 0. The molecule has 3 heteroatoms. The molecule has 0 N–H and O–H groups in total. The first kappa shape index (κ1) is 19.4. The maximum Gasteiger partial charge on any atom is 0.216 e. The number of rotatable bonds is 3. The number of hydrogen-bond acceptors (Lipinski definition) is 1. The molecular formula is C32H29N2O+. The molecule has 6 rings (SSSR count). The Balaban J connectivity index is 1.61. The van der Waals surface area contributed by atoms with Crippen molar-refractivity contribution in [3.63, 3.8) is 0 Å². The van der Waals surface area contributed by atoms with E-state index in [-0.39, 0.29) is 0 Å². The second kappa shape index (κ2) is 8.71. The molecule has 3 nitrogen and oxygen atoms in total. The molecule has 0 bridgehead atoms. The maximum absolute atomic E-state index is 9.09. The van der Waals surface area contributed by atoms with E-state index in [1.807, 2.05) is 61.8 Å². The van der Waals surface area contributed by atoms with Gasteiger partial charge in [-0.1, -0.05) is 73.9 Å². The summed E-state index contributed by atoms with van der Waals surface area (Å²) in [5.74, 6) is -0.688. The lowest BCUT2D eigenvalue weighted by Crippen LogP contribution is -2.32. The predicted molar refractivity (Wildman–Crippen MR) is 143 cm³/mol. The van der Waals surface area contributed by atoms with Crippen LogP contribution in [0.15, 0.2) is 77.3 Å². The van der Waals surface area contributed by atoms with Crippen molar-refractivity contribution in [2.45, 2.75) is 44.9 Å². The van der Waals surface area contributed by atoms with Crippen LogP contribution in [0.5, 0.6) is 0 Å². The van der Waals surface area contributed by atoms with Gasteiger partial charge in [-0.15, -0.1) is 0 Å². The van der Waals surface area contributed by atoms with Gasteiger partial charge in [0, 0.05) is 29.3 Å². The zero-order chi connectivity index (χ0) is 25.7. The summed E-state index contributed by atoms with van der Waals surface area (Å²) in [6.07, 6.45) is 6.86. The molecule has 0 amide bonds. The number of benzene rings is 3. The van der Waals surface area contributed by atoms with Crippen LogP contribution in [0.4, 0.5) is 5.69 Å². The van der Waals surface area contributed by atoms with E-state index >= 15 is 0 Å². The molecule has 0 radical (unpaired) electrons. The van der Waals surface area contributed by atoms with Gasteiger partial charge < -0.3 is 4.42 Å². The Bertz CT molecular complexity index is 1710. The molecule has 35 heavy (non-hydrogen) atoms. The molecule has 1 aliphatic carbocycles. The standard InChI is InChI=1S/C32H29N2O/c1-21-14-16-25-26-17-18-27(33-2)30(23-12-8-5-9-13-23)32(26)35-31(25)29(21)28-19-15-24(20-34(28)3)22-10-6-4-7-11-22/h5,8-9,12-20,22H,4,6-7,10-11H2,1,3H3/q+1/i15D,22D. The summed E-state index contributed by atoms with van der Waals surface area (Å²) >= 11 is 0. The van der Waals surface area contributed by atoms with Gasteiger partial charge in [0.25, 0.3) is 0 Å². The van der Waals surface area contributed by atoms with Crippen molar-refractivity contribution in [2.75, 3.05) is 0 Å². The van der Waals surface area contributed by atoms with Crippen LogP contribution >= 0.6 is 0 Å². The summed E-state index contributed by atoms with van der Waals surface area (Å²) in [7, 11) is 2.00. The highest BCUT2D eigenvalue weighted by Crippen LogP contribution is 2.44. The van der Waals surface area contributed by atoms with Crippen molar-refractivity contribution in [1.29, 1.82) is 0 Å². The number of nitrogens with zero attached hydrogens (tertiary/aromatic N) is 2. The SMILES string of the molecule is [2H]c1cc(-c2c(C)ccc3c2oc2c(-c4ccccc4)c([N+]#[C-])ccc23)[n+](C)cc1C1([2H])CCCCC1. The summed E-state index contributed by atoms with van der Waals surface area (Å²) in [5.41, 5.74) is 7.49. The zero-order valence-electron chi connectivity index (χ0n) is 22.2. The van der Waals surface area contributed by atoms with Gasteiger partial charge in [-0.25, -0.2) is 9.41 Å². The van der Waals surface area contributed by atoms with Gasteiger partial charge >= 0.3 is 0 Å². The normalized spacial score (nSPS) is 16.1. The van der Waals surface area contributed by atoms with Crippen LogP contribution in [-0.2, 0) is 7.05 Å². The third-order valence-corrected chi connectivity index (χ3v) is 7.34. The van der Waals surface area contributed by atoms with Gasteiger partial charge in [0.05, 0.1) is 13.5 Å². The van der Waals surface area contributed by atoms with Crippen LogP contribution in [0.3, 0.4) is 0 Å². The van der Waals surface area contributed by atoms with Crippen LogP contribution in [0.1, 0.15) is 51.9 Å². The molecule has 0 spiro atoms. The average molecular weight is 460 g/mol. The average Bonchev–Trinajstić information content (AvgIpc) is 3.28. The van der Waals surface area contributed by atoms with Gasteiger partial charge in [-0.05, 0) is 42.8 Å². The van der Waals surface area contributed by atoms with Gasteiger partial charge in [-0.2, -0.15) is 0 Å². The molecule has 5 aromatic rings. The predicted octanol–water partition coefficient (Wildman–Crippen LogP) is 8.65. The van der Waals surface area contributed by atoms with Gasteiger partial charge in [0.15, 0.2) is 11.9 Å². The van der Waals surface area contributed by atoms with Crippen LogP contribution in [0.25, 0.3) is 49.2 Å². The molecule has 0 unspecified atom stereocenters. The second-order valence-corrected chi connectivity index (χ2v) is 9.54. The van der Waals surface area contributed by atoms with E-state index in [0.29, 0.717) is 17.3 Å². The Morgan fingerprint density at radius 2 is 1.66 bits per heavy atom. The molecule has 0 aliphatic heterocycles. The molecule has 1 aliphatic rings. The lowest BCUT2D eigenvalue weighted by Gasteiger charge is -2.21. The topological polar surface area (TPSA) is 21.4 Å². The maximum atomic E-state index is 9.09. The quantitative estimate of drug-likeness (QED) is 0.195.